The second-order valence-electron chi connectivity index (χ2n) is 2.19. The fraction of sp³-hybridized carbons (Fsp3) is 0.571. The highest BCUT2D eigenvalue weighted by molar-refractivity contribution is 5.52. The Morgan fingerprint density at radius 2 is 2.10 bits per heavy atom. The number of hydrazone groups is 1. The Morgan fingerprint density at radius 3 is 2.40 bits per heavy atom. The molecule has 0 rings (SSSR count). The summed E-state index contributed by atoms with van der Waals surface area (Å²) in [4.78, 5) is 0. The van der Waals surface area contributed by atoms with Crippen LogP contribution in [0.4, 0.5) is 0 Å². The summed E-state index contributed by atoms with van der Waals surface area (Å²) in [7, 11) is 0. The Labute approximate surface area is 62.2 Å². The largest absolute Gasteiger partial charge is 0.403 e. The van der Waals surface area contributed by atoms with Crippen molar-refractivity contribution in [2.75, 3.05) is 0 Å². The third-order valence-corrected chi connectivity index (χ3v) is 1.02. The van der Waals surface area contributed by atoms with Crippen LogP contribution < -0.4 is 5.73 Å². The first-order chi connectivity index (χ1) is 4.72. The molecule has 58 valence electrons. The first-order valence-electron chi connectivity index (χ1n) is 3.37. The number of rotatable bonds is 3. The zero-order valence-corrected chi connectivity index (χ0v) is 6.78. The van der Waals surface area contributed by atoms with Crippen molar-refractivity contribution in [3.63, 3.8) is 0 Å². The van der Waals surface area contributed by atoms with Crippen LogP contribution in [-0.2, 0) is 0 Å². The van der Waals surface area contributed by atoms with Gasteiger partial charge in [-0.25, -0.2) is 0 Å². The molecule has 0 saturated heterocycles. The smallest absolute Gasteiger partial charge is 0.0463 e. The quantitative estimate of drug-likeness (QED) is 0.473. The van der Waals surface area contributed by atoms with E-state index >= 15 is 0 Å². The number of nitrogens with two attached hydrogens (primary N) is 1. The third kappa shape index (κ3) is 3.12. The van der Waals surface area contributed by atoms with E-state index in [1.807, 2.05) is 20.8 Å². The highest BCUT2D eigenvalue weighted by Gasteiger charge is 1.98. The van der Waals surface area contributed by atoms with Crippen LogP contribution in [0.15, 0.2) is 17.5 Å². The molecule has 0 aliphatic carbocycles. The summed E-state index contributed by atoms with van der Waals surface area (Å²) < 4.78 is 0. The molecule has 2 N–H and O–H groups in total. The van der Waals surface area contributed by atoms with Crippen molar-refractivity contribution < 1.29 is 0 Å². The fourth-order valence-electron chi connectivity index (χ4n) is 0.565. The molecule has 0 radical (unpaired) electrons. The first kappa shape index (κ1) is 9.01. The summed E-state index contributed by atoms with van der Waals surface area (Å²) in [5, 5.41) is 5.85. The Bertz CT molecular complexity index is 115. The molecule has 0 aliphatic heterocycles. The molecule has 0 amide bonds. The fourth-order valence-corrected chi connectivity index (χ4v) is 0.565. The van der Waals surface area contributed by atoms with Gasteiger partial charge in [0.05, 0.1) is 0 Å². The highest BCUT2D eigenvalue weighted by Crippen LogP contribution is 1.97. The van der Waals surface area contributed by atoms with E-state index in [0.29, 0.717) is 6.04 Å². The molecule has 0 unspecified atom stereocenters. The van der Waals surface area contributed by atoms with Crippen molar-refractivity contribution in [3.05, 3.63) is 12.4 Å². The maximum absolute atomic E-state index is 5.20. The minimum Gasteiger partial charge on any atom is -0.403 e. The van der Waals surface area contributed by atoms with Gasteiger partial charge in [-0.3, -0.25) is 5.01 Å². The van der Waals surface area contributed by atoms with E-state index in [2.05, 4.69) is 5.10 Å². The molecule has 3 nitrogen and oxygen atoms in total. The van der Waals surface area contributed by atoms with Crippen molar-refractivity contribution in [3.8, 4) is 0 Å². The average Bonchev–Trinajstić information content (AvgIpc) is 1.87. The summed E-state index contributed by atoms with van der Waals surface area (Å²) in [6, 6.07) is 0.357. The van der Waals surface area contributed by atoms with Gasteiger partial charge in [0.2, 0.25) is 0 Å². The van der Waals surface area contributed by atoms with Crippen molar-refractivity contribution in [2.45, 2.75) is 26.8 Å². The molecule has 0 saturated carbocycles. The van der Waals surface area contributed by atoms with Gasteiger partial charge in [-0.1, -0.05) is 0 Å². The number of hydrogen-bond donors (Lipinski definition) is 1. The Kier molecular flexibility index (Phi) is 4.37. The maximum atomic E-state index is 5.20. The second kappa shape index (κ2) is 4.85. The SMILES string of the molecule is C/C=N\N(/C=C\N)C(C)C. The van der Waals surface area contributed by atoms with Gasteiger partial charge < -0.3 is 5.73 Å². The summed E-state index contributed by atoms with van der Waals surface area (Å²) in [6.07, 6.45) is 4.96. The van der Waals surface area contributed by atoms with Crippen molar-refractivity contribution in [1.29, 1.82) is 0 Å². The molecule has 0 spiro atoms. The lowest BCUT2D eigenvalue weighted by molar-refractivity contribution is 0.328. The van der Waals surface area contributed by atoms with E-state index in [9.17, 15) is 0 Å². The monoisotopic (exact) mass is 141 g/mol. The van der Waals surface area contributed by atoms with E-state index in [1.54, 1.807) is 17.4 Å². The predicted octanol–water partition coefficient (Wildman–Crippen LogP) is 1.13. The van der Waals surface area contributed by atoms with Gasteiger partial charge in [0, 0.05) is 24.7 Å². The van der Waals surface area contributed by atoms with Crippen LogP contribution in [0, 0.1) is 0 Å². The standard InChI is InChI=1S/C7H15N3/c1-4-9-10(6-5-8)7(2)3/h4-7H,8H2,1-3H3/b6-5-,9-4-. The molecule has 0 aliphatic rings. The topological polar surface area (TPSA) is 41.6 Å². The minimum atomic E-state index is 0.357. The summed E-state index contributed by atoms with van der Waals surface area (Å²) >= 11 is 0. The number of hydrogen-bond acceptors (Lipinski definition) is 3. The van der Waals surface area contributed by atoms with Gasteiger partial charge in [-0.15, -0.1) is 0 Å². The summed E-state index contributed by atoms with van der Waals surface area (Å²) in [5.74, 6) is 0. The molecule has 0 atom stereocenters. The Morgan fingerprint density at radius 1 is 1.50 bits per heavy atom. The zero-order chi connectivity index (χ0) is 7.98. The highest BCUT2D eigenvalue weighted by atomic mass is 15.4. The van der Waals surface area contributed by atoms with E-state index in [-0.39, 0.29) is 0 Å². The van der Waals surface area contributed by atoms with Crippen LogP contribution >= 0.6 is 0 Å². The third-order valence-electron chi connectivity index (χ3n) is 1.02. The molecule has 3 heteroatoms. The Hall–Kier alpha value is -0.990. The molecular weight excluding hydrogens is 126 g/mol. The lowest BCUT2D eigenvalue weighted by Gasteiger charge is -2.17. The normalized spacial score (nSPS) is 12.0. The van der Waals surface area contributed by atoms with Gasteiger partial charge in [0.15, 0.2) is 0 Å². The maximum Gasteiger partial charge on any atom is 0.0463 e. The molecule has 0 bridgehead atoms. The molecule has 0 aromatic carbocycles. The van der Waals surface area contributed by atoms with E-state index < -0.39 is 0 Å². The van der Waals surface area contributed by atoms with E-state index in [0.717, 1.165) is 0 Å². The lowest BCUT2D eigenvalue weighted by Crippen LogP contribution is -2.19. The van der Waals surface area contributed by atoms with Crippen molar-refractivity contribution in [1.82, 2.24) is 5.01 Å². The van der Waals surface area contributed by atoms with E-state index in [1.165, 1.54) is 6.20 Å². The van der Waals surface area contributed by atoms with Gasteiger partial charge in [-0.2, -0.15) is 5.10 Å². The average molecular weight is 141 g/mol. The van der Waals surface area contributed by atoms with Crippen LogP contribution in [-0.4, -0.2) is 17.3 Å². The van der Waals surface area contributed by atoms with Crippen LogP contribution in [0.1, 0.15) is 20.8 Å². The van der Waals surface area contributed by atoms with E-state index in [4.69, 9.17) is 5.73 Å². The van der Waals surface area contributed by atoms with Crippen LogP contribution in [0.2, 0.25) is 0 Å². The molecule has 0 fully saturated rings. The van der Waals surface area contributed by atoms with Crippen LogP contribution in [0.25, 0.3) is 0 Å². The number of nitrogens with zero attached hydrogens (tertiary/aromatic N) is 2. The van der Waals surface area contributed by atoms with Gasteiger partial charge in [0.25, 0.3) is 0 Å². The first-order valence-corrected chi connectivity index (χ1v) is 3.37. The lowest BCUT2D eigenvalue weighted by atomic mass is 10.4. The van der Waals surface area contributed by atoms with Gasteiger partial charge >= 0.3 is 0 Å². The molecule has 0 aromatic heterocycles. The second-order valence-corrected chi connectivity index (χ2v) is 2.19. The van der Waals surface area contributed by atoms with Crippen LogP contribution in [0.3, 0.4) is 0 Å². The van der Waals surface area contributed by atoms with Crippen molar-refractivity contribution >= 4 is 6.21 Å². The van der Waals surface area contributed by atoms with Crippen molar-refractivity contribution in [2.24, 2.45) is 10.8 Å². The zero-order valence-electron chi connectivity index (χ0n) is 6.78. The van der Waals surface area contributed by atoms with Gasteiger partial charge in [-0.05, 0) is 20.8 Å². The Balaban J connectivity index is 3.98. The predicted molar refractivity (Wildman–Crippen MR) is 44.5 cm³/mol. The molecular formula is C7H15N3. The van der Waals surface area contributed by atoms with Gasteiger partial charge in [0.1, 0.15) is 0 Å². The summed E-state index contributed by atoms with van der Waals surface area (Å²) in [5.41, 5.74) is 5.20. The van der Waals surface area contributed by atoms with Crippen LogP contribution in [0.5, 0.6) is 0 Å². The minimum absolute atomic E-state index is 0.357. The molecule has 0 aromatic rings. The molecule has 10 heavy (non-hydrogen) atoms. The summed E-state index contributed by atoms with van der Waals surface area (Å²) in [6.45, 7) is 5.97. The molecule has 0 heterocycles.